The first-order valence-electron chi connectivity index (χ1n) is 23.4. The predicted octanol–water partition coefficient (Wildman–Crippen LogP) is 15.3. The number of hydrogen-bond acceptors (Lipinski definition) is 6. The minimum atomic E-state index is -0.851. The molecule has 0 aromatic heterocycles. The van der Waals surface area contributed by atoms with Crippen molar-refractivity contribution in [2.45, 2.75) is 168 Å². The molecular weight excluding hydrogens is 757 g/mol. The summed E-state index contributed by atoms with van der Waals surface area (Å²) < 4.78 is 16.6. The van der Waals surface area contributed by atoms with Crippen LogP contribution in [-0.4, -0.2) is 37.2 Å². The van der Waals surface area contributed by atoms with Gasteiger partial charge in [0, 0.05) is 19.3 Å². The molecule has 0 heterocycles. The molecule has 0 bridgehead atoms. The normalized spacial score (nSPS) is 13.4. The van der Waals surface area contributed by atoms with Gasteiger partial charge in [-0.15, -0.1) is 0 Å². The van der Waals surface area contributed by atoms with E-state index >= 15 is 0 Å². The predicted molar refractivity (Wildman–Crippen MR) is 260 cm³/mol. The van der Waals surface area contributed by atoms with Gasteiger partial charge in [-0.05, 0) is 89.9 Å². The summed E-state index contributed by atoms with van der Waals surface area (Å²) in [5, 5.41) is 0. The van der Waals surface area contributed by atoms with Crippen LogP contribution in [0.15, 0.2) is 146 Å². The number of carbonyl (C=O) groups excluding carboxylic acids is 3. The van der Waals surface area contributed by atoms with Crippen molar-refractivity contribution in [3.63, 3.8) is 0 Å². The molecule has 0 saturated carbocycles. The van der Waals surface area contributed by atoms with Gasteiger partial charge in [-0.1, -0.05) is 199 Å². The van der Waals surface area contributed by atoms with Crippen molar-refractivity contribution in [2.24, 2.45) is 0 Å². The van der Waals surface area contributed by atoms with Crippen LogP contribution in [0.4, 0.5) is 0 Å². The van der Waals surface area contributed by atoms with E-state index in [0.29, 0.717) is 25.7 Å². The fourth-order valence-electron chi connectivity index (χ4n) is 5.52. The lowest BCUT2D eigenvalue weighted by Crippen LogP contribution is -2.30. The van der Waals surface area contributed by atoms with Crippen molar-refractivity contribution in [3.05, 3.63) is 146 Å². The van der Waals surface area contributed by atoms with Crippen LogP contribution in [0.1, 0.15) is 162 Å². The van der Waals surface area contributed by atoms with Gasteiger partial charge in [0.05, 0.1) is 0 Å². The summed E-state index contributed by atoms with van der Waals surface area (Å²) >= 11 is 0. The van der Waals surface area contributed by atoms with Crippen LogP contribution in [0.5, 0.6) is 0 Å². The number of allylic oxidation sites excluding steroid dienone is 24. The molecule has 0 amide bonds. The highest BCUT2D eigenvalue weighted by Gasteiger charge is 2.19. The van der Waals surface area contributed by atoms with E-state index in [9.17, 15) is 14.4 Å². The van der Waals surface area contributed by atoms with Gasteiger partial charge in [0.15, 0.2) is 6.10 Å². The Morgan fingerprint density at radius 2 is 0.721 bits per heavy atom. The third kappa shape index (κ3) is 46.2. The van der Waals surface area contributed by atoms with Crippen molar-refractivity contribution in [3.8, 4) is 0 Å². The molecule has 0 fully saturated rings. The average Bonchev–Trinajstić information content (AvgIpc) is 3.26. The zero-order valence-corrected chi connectivity index (χ0v) is 38.4. The Balaban J connectivity index is 4.64. The van der Waals surface area contributed by atoms with Crippen molar-refractivity contribution >= 4 is 17.9 Å². The molecule has 1 unspecified atom stereocenters. The standard InChI is InChI=1S/C55H82O6/c1-4-7-10-13-16-19-22-25-26-27-28-31-33-36-39-42-45-48-54(57)60-51-52(61-55(58)49-46-43-40-37-34-30-24-21-18-15-12-9-6-3)50-59-53(56)47-44-41-38-35-32-29-23-20-17-14-11-8-5-2/h8-9,11-12,14-21,23-26,28,30-31,34,36-37,39-40,52H,4-7,10,13,22,27,29,32-33,35,38,41-51H2,1-3H3/b11-8+,12-9+,17-14+,18-15+,19-16+,23-20+,24-21+,26-25+,31-28+,34-30+,39-36+,40-37+. The van der Waals surface area contributed by atoms with Gasteiger partial charge in [-0.2, -0.15) is 0 Å². The molecule has 338 valence electrons. The van der Waals surface area contributed by atoms with Gasteiger partial charge in [0.1, 0.15) is 13.2 Å². The number of hydrogen-bond donors (Lipinski definition) is 0. The molecule has 0 aliphatic carbocycles. The van der Waals surface area contributed by atoms with E-state index in [1.165, 1.54) is 25.7 Å². The molecule has 0 aliphatic heterocycles. The fraction of sp³-hybridized carbons (Fsp3) is 0.509. The third-order valence-electron chi connectivity index (χ3n) is 9.00. The molecule has 0 aliphatic rings. The van der Waals surface area contributed by atoms with Crippen LogP contribution in [0.3, 0.4) is 0 Å². The average molecular weight is 839 g/mol. The Labute approximate surface area is 372 Å². The summed E-state index contributed by atoms with van der Waals surface area (Å²) in [7, 11) is 0. The third-order valence-corrected chi connectivity index (χ3v) is 9.00. The lowest BCUT2D eigenvalue weighted by atomic mass is 10.1. The van der Waals surface area contributed by atoms with E-state index in [-0.39, 0.29) is 38.0 Å². The highest BCUT2D eigenvalue weighted by Crippen LogP contribution is 2.10. The smallest absolute Gasteiger partial charge is 0.306 e. The molecule has 0 radical (unpaired) electrons. The number of rotatable bonds is 39. The van der Waals surface area contributed by atoms with Crippen LogP contribution in [0, 0.1) is 0 Å². The van der Waals surface area contributed by atoms with Gasteiger partial charge in [0.2, 0.25) is 0 Å². The van der Waals surface area contributed by atoms with Crippen molar-refractivity contribution in [1.29, 1.82) is 0 Å². The monoisotopic (exact) mass is 839 g/mol. The SMILES string of the molecule is CC/C=C/C=C/C=C/C=C/C=C/CCCC(=O)OC(COC(=O)CCC/C=C/C/C=C/C/C=C/C/C=C/CCCCC)COC(=O)CCCCCCC/C=C/C=C/C=C/CC. The molecule has 1 atom stereocenters. The molecule has 0 rings (SSSR count). The maximum Gasteiger partial charge on any atom is 0.306 e. The minimum absolute atomic E-state index is 0.141. The second-order valence-electron chi connectivity index (χ2n) is 14.7. The minimum Gasteiger partial charge on any atom is -0.462 e. The quantitative estimate of drug-likeness (QED) is 0.0202. The summed E-state index contributed by atoms with van der Waals surface area (Å²) in [4.78, 5) is 37.8. The first-order valence-corrected chi connectivity index (χ1v) is 23.4. The van der Waals surface area contributed by atoms with Gasteiger partial charge in [0.25, 0.3) is 0 Å². The highest BCUT2D eigenvalue weighted by molar-refractivity contribution is 5.71. The lowest BCUT2D eigenvalue weighted by molar-refractivity contribution is -0.167. The van der Waals surface area contributed by atoms with Gasteiger partial charge in [-0.25, -0.2) is 0 Å². The summed E-state index contributed by atoms with van der Waals surface area (Å²) in [6, 6.07) is 0. The van der Waals surface area contributed by atoms with Crippen LogP contribution in [0.25, 0.3) is 0 Å². The van der Waals surface area contributed by atoms with E-state index in [1.807, 2.05) is 60.8 Å². The maximum atomic E-state index is 12.7. The van der Waals surface area contributed by atoms with Crippen molar-refractivity contribution in [1.82, 2.24) is 0 Å². The molecule has 0 spiro atoms. The second-order valence-corrected chi connectivity index (χ2v) is 14.7. The van der Waals surface area contributed by atoms with E-state index in [2.05, 4.69) is 106 Å². The summed E-state index contributed by atoms with van der Waals surface area (Å²) in [6.45, 7) is 6.16. The van der Waals surface area contributed by atoms with E-state index in [1.54, 1.807) is 0 Å². The number of ether oxygens (including phenoxy) is 3. The largest absolute Gasteiger partial charge is 0.462 e. The molecular formula is C55H82O6. The van der Waals surface area contributed by atoms with Crippen LogP contribution in [0.2, 0.25) is 0 Å². The van der Waals surface area contributed by atoms with E-state index in [4.69, 9.17) is 14.2 Å². The molecule has 0 aromatic rings. The molecule has 6 nitrogen and oxygen atoms in total. The van der Waals surface area contributed by atoms with E-state index in [0.717, 1.165) is 77.0 Å². The van der Waals surface area contributed by atoms with Crippen LogP contribution < -0.4 is 0 Å². The lowest BCUT2D eigenvalue weighted by Gasteiger charge is -2.18. The fourth-order valence-corrected chi connectivity index (χ4v) is 5.52. The Bertz CT molecular complexity index is 1430. The number of carbonyl (C=O) groups is 3. The number of esters is 3. The zero-order valence-electron chi connectivity index (χ0n) is 38.4. The number of unbranched alkanes of at least 4 members (excludes halogenated alkanes) is 10. The first kappa shape index (κ1) is 56.3. The molecule has 0 saturated heterocycles. The summed E-state index contributed by atoms with van der Waals surface area (Å²) in [5.41, 5.74) is 0. The van der Waals surface area contributed by atoms with Crippen molar-refractivity contribution in [2.75, 3.05) is 13.2 Å². The van der Waals surface area contributed by atoms with Crippen LogP contribution in [-0.2, 0) is 28.6 Å². The Kier molecular flexibility index (Phi) is 44.3. The second kappa shape index (κ2) is 48.0. The zero-order chi connectivity index (χ0) is 44.4. The van der Waals surface area contributed by atoms with Gasteiger partial charge in [-0.3, -0.25) is 14.4 Å². The van der Waals surface area contributed by atoms with E-state index < -0.39 is 12.1 Å². The van der Waals surface area contributed by atoms with Gasteiger partial charge >= 0.3 is 17.9 Å². The Morgan fingerprint density at radius 3 is 1.23 bits per heavy atom. The Morgan fingerprint density at radius 1 is 0.361 bits per heavy atom. The highest BCUT2D eigenvalue weighted by atomic mass is 16.6. The van der Waals surface area contributed by atoms with Gasteiger partial charge < -0.3 is 14.2 Å². The Hall–Kier alpha value is -4.71. The topological polar surface area (TPSA) is 78.9 Å². The molecule has 6 heteroatoms. The van der Waals surface area contributed by atoms with Crippen LogP contribution >= 0.6 is 0 Å². The van der Waals surface area contributed by atoms with Crippen molar-refractivity contribution < 1.29 is 28.6 Å². The maximum absolute atomic E-state index is 12.7. The molecule has 61 heavy (non-hydrogen) atoms. The first-order chi connectivity index (χ1) is 30.0. The summed E-state index contributed by atoms with van der Waals surface area (Å²) in [5.74, 6) is -1.11. The molecule has 0 aromatic carbocycles. The molecule has 0 N–H and O–H groups in total. The summed E-state index contributed by atoms with van der Waals surface area (Å²) in [6.07, 6.45) is 68.4.